The molecule has 0 atom stereocenters. The molecule has 1 aromatic rings. The van der Waals surface area contributed by atoms with Crippen LogP contribution in [0.5, 0.6) is 0 Å². The molecule has 2 rings (SSSR count). The van der Waals surface area contributed by atoms with Gasteiger partial charge in [0.25, 0.3) is 0 Å². The number of rotatable bonds is 4. The van der Waals surface area contributed by atoms with E-state index < -0.39 is 15.3 Å². The van der Waals surface area contributed by atoms with Gasteiger partial charge in [-0.3, -0.25) is 4.72 Å². The maximum absolute atomic E-state index is 12.4. The normalized spacial score (nSPS) is 17.7. The molecule has 0 saturated carbocycles. The van der Waals surface area contributed by atoms with Gasteiger partial charge in [-0.1, -0.05) is 21.1 Å². The third kappa shape index (κ3) is 3.86. The van der Waals surface area contributed by atoms with Gasteiger partial charge in [0, 0.05) is 23.2 Å². The van der Waals surface area contributed by atoms with Crippen LogP contribution in [0.2, 0.25) is 0 Å². The highest BCUT2D eigenvalue weighted by atomic mass is 79.9. The van der Waals surface area contributed by atoms with Crippen LogP contribution in [0.15, 0.2) is 27.8 Å². The number of nitrogens with one attached hydrogen (secondary N) is 1. The molecule has 0 radical (unpaired) electrons. The summed E-state index contributed by atoms with van der Waals surface area (Å²) in [6.07, 6.45) is 0.893. The fourth-order valence-electron chi connectivity index (χ4n) is 2.10. The van der Waals surface area contributed by atoms with Gasteiger partial charge in [0.2, 0.25) is 10.0 Å². The van der Waals surface area contributed by atoms with Crippen LogP contribution < -0.4 is 10.5 Å². The van der Waals surface area contributed by atoms with Gasteiger partial charge in [-0.2, -0.15) is 0 Å². The number of benzene rings is 1. The van der Waals surface area contributed by atoms with Crippen LogP contribution in [0.3, 0.4) is 0 Å². The average Bonchev–Trinajstić information content (AvgIpc) is 2.47. The second kappa shape index (κ2) is 6.63. The Morgan fingerprint density at radius 1 is 1.43 bits per heavy atom. The van der Waals surface area contributed by atoms with Crippen LogP contribution in [0.4, 0.5) is 5.69 Å². The topological polar surface area (TPSA) is 114 Å². The molecule has 1 saturated heterocycles. The number of hydrogen-bond acceptors (Lipinski definition) is 5. The average molecular weight is 378 g/mol. The summed E-state index contributed by atoms with van der Waals surface area (Å²) in [5, 5.41) is 11.2. The van der Waals surface area contributed by atoms with Gasteiger partial charge >= 0.3 is 0 Å². The number of anilines is 1. The zero-order valence-electron chi connectivity index (χ0n) is 11.1. The van der Waals surface area contributed by atoms with Crippen molar-refractivity contribution in [3.63, 3.8) is 0 Å². The first-order valence-corrected chi connectivity index (χ1v) is 8.65. The molecule has 1 aliphatic rings. The van der Waals surface area contributed by atoms with E-state index in [9.17, 15) is 8.42 Å². The minimum Gasteiger partial charge on any atom is -0.409 e. The Morgan fingerprint density at radius 2 is 2.10 bits per heavy atom. The number of amidine groups is 1. The number of nitrogens with zero attached hydrogens (tertiary/aromatic N) is 1. The smallest absolute Gasteiger partial charge is 0.235 e. The molecule has 1 heterocycles. The lowest BCUT2D eigenvalue weighted by Crippen LogP contribution is -2.33. The molecular formula is C12H16BrN3O4S. The Labute approximate surface area is 131 Å². The van der Waals surface area contributed by atoms with Gasteiger partial charge in [-0.05, 0) is 31.0 Å². The van der Waals surface area contributed by atoms with Crippen molar-refractivity contribution in [3.05, 3.63) is 28.2 Å². The van der Waals surface area contributed by atoms with E-state index in [0.29, 0.717) is 36.1 Å². The summed E-state index contributed by atoms with van der Waals surface area (Å²) in [7, 11) is -3.56. The Balaban J connectivity index is 2.31. The number of halogens is 1. The van der Waals surface area contributed by atoms with Crippen molar-refractivity contribution in [2.45, 2.75) is 18.1 Å². The minimum atomic E-state index is -3.56. The molecule has 0 bridgehead atoms. The number of hydrogen-bond donors (Lipinski definition) is 3. The van der Waals surface area contributed by atoms with Gasteiger partial charge in [0.1, 0.15) is 0 Å². The lowest BCUT2D eigenvalue weighted by molar-refractivity contribution is 0.0984. The van der Waals surface area contributed by atoms with E-state index in [1.807, 2.05) is 0 Å². The van der Waals surface area contributed by atoms with Crippen LogP contribution in [0, 0.1) is 0 Å². The zero-order valence-corrected chi connectivity index (χ0v) is 13.5. The fraction of sp³-hybridized carbons (Fsp3) is 0.417. The predicted molar refractivity (Wildman–Crippen MR) is 83.0 cm³/mol. The molecule has 0 spiro atoms. The molecule has 1 aromatic carbocycles. The summed E-state index contributed by atoms with van der Waals surface area (Å²) in [6.45, 7) is 0.855. The van der Waals surface area contributed by atoms with E-state index in [1.165, 1.54) is 0 Å². The molecule has 1 fully saturated rings. The Kier molecular flexibility index (Phi) is 5.07. The molecule has 1 aliphatic heterocycles. The first-order chi connectivity index (χ1) is 9.94. The van der Waals surface area contributed by atoms with E-state index in [0.717, 1.165) is 0 Å². The second-order valence-electron chi connectivity index (χ2n) is 4.63. The molecule has 4 N–H and O–H groups in total. The van der Waals surface area contributed by atoms with Crippen molar-refractivity contribution in [2.24, 2.45) is 10.9 Å². The van der Waals surface area contributed by atoms with Crippen molar-refractivity contribution in [1.82, 2.24) is 0 Å². The molecule has 21 heavy (non-hydrogen) atoms. The molecule has 116 valence electrons. The van der Waals surface area contributed by atoms with E-state index in [-0.39, 0.29) is 11.5 Å². The standard InChI is InChI=1S/C12H16BrN3O4S/c13-8-1-2-10(12(14)15-17)11(7-8)16-21(18,19)9-3-5-20-6-4-9/h1-2,7,9,16-17H,3-6H2,(H2,14,15). The summed E-state index contributed by atoms with van der Waals surface area (Å²) in [6, 6.07) is 4.82. The number of ether oxygens (including phenoxy) is 1. The Hall–Kier alpha value is -1.32. The van der Waals surface area contributed by atoms with Crippen molar-refractivity contribution in [2.75, 3.05) is 17.9 Å². The third-order valence-electron chi connectivity index (χ3n) is 3.22. The SMILES string of the molecule is N/C(=N/O)c1ccc(Br)cc1NS(=O)(=O)C1CCOCC1. The maximum atomic E-state index is 12.4. The van der Waals surface area contributed by atoms with E-state index >= 15 is 0 Å². The molecule has 0 unspecified atom stereocenters. The van der Waals surface area contributed by atoms with Crippen molar-refractivity contribution in [3.8, 4) is 0 Å². The Bertz CT molecular complexity index is 642. The second-order valence-corrected chi connectivity index (χ2v) is 7.51. The van der Waals surface area contributed by atoms with Crippen molar-refractivity contribution in [1.29, 1.82) is 0 Å². The first kappa shape index (κ1) is 16.1. The molecule has 9 heteroatoms. The van der Waals surface area contributed by atoms with Crippen LogP contribution in [-0.4, -0.2) is 37.9 Å². The Morgan fingerprint density at radius 3 is 2.71 bits per heavy atom. The van der Waals surface area contributed by atoms with Crippen molar-refractivity contribution < 1.29 is 18.4 Å². The molecule has 0 aromatic heterocycles. The highest BCUT2D eigenvalue weighted by Crippen LogP contribution is 2.25. The van der Waals surface area contributed by atoms with Crippen LogP contribution in [0.25, 0.3) is 0 Å². The van der Waals surface area contributed by atoms with Gasteiger partial charge in [0.05, 0.1) is 10.9 Å². The van der Waals surface area contributed by atoms with Gasteiger partial charge in [-0.15, -0.1) is 0 Å². The minimum absolute atomic E-state index is 0.160. The monoisotopic (exact) mass is 377 g/mol. The number of sulfonamides is 1. The predicted octanol–water partition coefficient (Wildman–Crippen LogP) is 1.46. The summed E-state index contributed by atoms with van der Waals surface area (Å²) < 4.78 is 33.2. The van der Waals surface area contributed by atoms with Gasteiger partial charge in [0.15, 0.2) is 5.84 Å². The fourth-order valence-corrected chi connectivity index (χ4v) is 3.92. The summed E-state index contributed by atoms with van der Waals surface area (Å²) in [5.41, 5.74) is 6.16. The summed E-state index contributed by atoms with van der Waals surface area (Å²) in [5.74, 6) is -0.160. The highest BCUT2D eigenvalue weighted by molar-refractivity contribution is 9.10. The largest absolute Gasteiger partial charge is 0.409 e. The lowest BCUT2D eigenvalue weighted by atomic mass is 10.2. The number of nitrogens with two attached hydrogens (primary N) is 1. The maximum Gasteiger partial charge on any atom is 0.235 e. The van der Waals surface area contributed by atoms with E-state index in [2.05, 4.69) is 25.8 Å². The molecular weight excluding hydrogens is 362 g/mol. The molecule has 0 amide bonds. The summed E-state index contributed by atoms with van der Waals surface area (Å²) in [4.78, 5) is 0. The molecule has 0 aliphatic carbocycles. The number of oxime groups is 1. The van der Waals surface area contributed by atoms with Crippen LogP contribution >= 0.6 is 15.9 Å². The summed E-state index contributed by atoms with van der Waals surface area (Å²) >= 11 is 3.27. The van der Waals surface area contributed by atoms with Crippen molar-refractivity contribution >= 4 is 37.5 Å². The highest BCUT2D eigenvalue weighted by Gasteiger charge is 2.28. The molecule has 7 nitrogen and oxygen atoms in total. The van der Waals surface area contributed by atoms with E-state index in [1.54, 1.807) is 18.2 Å². The lowest BCUT2D eigenvalue weighted by Gasteiger charge is -2.23. The first-order valence-electron chi connectivity index (χ1n) is 6.31. The van der Waals surface area contributed by atoms with Gasteiger partial charge in [-0.25, -0.2) is 8.42 Å². The quantitative estimate of drug-likeness (QED) is 0.318. The van der Waals surface area contributed by atoms with Crippen LogP contribution in [0.1, 0.15) is 18.4 Å². The van der Waals surface area contributed by atoms with Crippen LogP contribution in [-0.2, 0) is 14.8 Å². The van der Waals surface area contributed by atoms with Gasteiger partial charge < -0.3 is 15.7 Å². The van der Waals surface area contributed by atoms with E-state index in [4.69, 9.17) is 15.7 Å². The third-order valence-corrected chi connectivity index (χ3v) is 5.57. The zero-order chi connectivity index (χ0) is 15.5.